The maximum absolute atomic E-state index is 13.6. The van der Waals surface area contributed by atoms with E-state index >= 15 is 0 Å². The average Bonchev–Trinajstić information content (AvgIpc) is 3.39. The highest BCUT2D eigenvalue weighted by molar-refractivity contribution is 7.09. The van der Waals surface area contributed by atoms with Gasteiger partial charge in [0, 0.05) is 30.1 Å². The Morgan fingerprint density at radius 3 is 2.84 bits per heavy atom. The van der Waals surface area contributed by atoms with Crippen molar-refractivity contribution < 1.29 is 14.3 Å². The zero-order valence-corrected chi connectivity index (χ0v) is 19.1. The first kappa shape index (κ1) is 21.8. The second-order valence-corrected chi connectivity index (χ2v) is 9.50. The largest absolute Gasteiger partial charge is 0.496 e. The van der Waals surface area contributed by atoms with Crippen molar-refractivity contribution in [3.05, 3.63) is 45.9 Å². The molecule has 1 saturated carbocycles. The normalized spacial score (nSPS) is 22.8. The number of aryl methyl sites for hydroxylation is 2. The molecular weight excluding hydrogens is 410 g/mol. The van der Waals surface area contributed by atoms with Gasteiger partial charge in [0.25, 0.3) is 5.91 Å². The lowest BCUT2D eigenvalue weighted by Gasteiger charge is -2.34. The summed E-state index contributed by atoms with van der Waals surface area (Å²) in [6, 6.07) is 7.03. The van der Waals surface area contributed by atoms with Crippen molar-refractivity contribution in [1.82, 2.24) is 15.2 Å². The smallest absolute Gasteiger partial charge is 0.258 e. The van der Waals surface area contributed by atoms with Gasteiger partial charge in [0.2, 0.25) is 5.91 Å². The summed E-state index contributed by atoms with van der Waals surface area (Å²) in [5, 5.41) is 6.24. The number of carbonyl (C=O) groups is 2. The zero-order valence-electron chi connectivity index (χ0n) is 18.3. The Bertz CT molecular complexity index is 928. The molecule has 1 aromatic carbocycles. The first-order chi connectivity index (χ1) is 15.1. The third-order valence-corrected chi connectivity index (χ3v) is 7.52. The summed E-state index contributed by atoms with van der Waals surface area (Å²) in [5.41, 5.74) is 1.58. The molecule has 3 atom stereocenters. The number of para-hydroxylation sites is 1. The monoisotopic (exact) mass is 441 g/mol. The van der Waals surface area contributed by atoms with Crippen molar-refractivity contribution in [2.45, 2.75) is 64.0 Å². The molecule has 2 heterocycles. The fourth-order valence-corrected chi connectivity index (χ4v) is 5.85. The molecule has 7 heteroatoms. The summed E-state index contributed by atoms with van der Waals surface area (Å²) in [4.78, 5) is 33.1. The molecule has 4 rings (SSSR count). The lowest BCUT2D eigenvalue weighted by molar-refractivity contribution is -0.125. The van der Waals surface area contributed by atoms with E-state index in [1.165, 1.54) is 6.42 Å². The highest BCUT2D eigenvalue weighted by atomic mass is 32.1. The van der Waals surface area contributed by atoms with Gasteiger partial charge in [-0.25, -0.2) is 4.98 Å². The first-order valence-electron chi connectivity index (χ1n) is 11.2. The lowest BCUT2D eigenvalue weighted by atomic mass is 9.84. The number of amides is 2. The number of hydrogen-bond acceptors (Lipinski definition) is 5. The van der Waals surface area contributed by atoms with E-state index in [0.717, 1.165) is 49.2 Å². The van der Waals surface area contributed by atoms with Crippen LogP contribution in [0.4, 0.5) is 0 Å². The van der Waals surface area contributed by atoms with Crippen molar-refractivity contribution in [3.8, 4) is 5.75 Å². The van der Waals surface area contributed by atoms with E-state index < -0.39 is 6.04 Å². The van der Waals surface area contributed by atoms with Gasteiger partial charge in [0.05, 0.1) is 17.7 Å². The first-order valence-corrected chi connectivity index (χ1v) is 12.1. The summed E-state index contributed by atoms with van der Waals surface area (Å²) in [6.45, 7) is 2.59. The predicted molar refractivity (Wildman–Crippen MR) is 121 cm³/mol. The summed E-state index contributed by atoms with van der Waals surface area (Å²) in [7, 11) is 1.58. The molecule has 2 fully saturated rings. The molecule has 2 aromatic rings. The van der Waals surface area contributed by atoms with Gasteiger partial charge in [-0.3, -0.25) is 9.59 Å². The Balaban J connectivity index is 1.45. The highest BCUT2D eigenvalue weighted by Crippen LogP contribution is 2.41. The van der Waals surface area contributed by atoms with Crippen LogP contribution < -0.4 is 10.1 Å². The molecule has 2 aliphatic rings. The number of aromatic nitrogens is 1. The summed E-state index contributed by atoms with van der Waals surface area (Å²) in [5.74, 6) is 0.837. The van der Waals surface area contributed by atoms with Gasteiger partial charge in [0.1, 0.15) is 11.8 Å². The van der Waals surface area contributed by atoms with E-state index in [-0.39, 0.29) is 17.9 Å². The van der Waals surface area contributed by atoms with Crippen LogP contribution in [-0.4, -0.2) is 47.4 Å². The molecule has 1 aliphatic heterocycles. The van der Waals surface area contributed by atoms with Crippen molar-refractivity contribution in [2.75, 3.05) is 13.7 Å². The number of nitrogens with one attached hydrogen (secondary N) is 1. The number of carbonyl (C=O) groups excluding carboxylic acids is 2. The average molecular weight is 442 g/mol. The number of rotatable bonds is 7. The number of nitrogens with zero attached hydrogens (tertiary/aromatic N) is 2. The van der Waals surface area contributed by atoms with Gasteiger partial charge in [0.15, 0.2) is 0 Å². The topological polar surface area (TPSA) is 71.5 Å². The number of methoxy groups -OCH3 is 1. The molecule has 1 aromatic heterocycles. The van der Waals surface area contributed by atoms with E-state index in [0.29, 0.717) is 23.8 Å². The van der Waals surface area contributed by atoms with E-state index in [9.17, 15) is 9.59 Å². The van der Waals surface area contributed by atoms with Crippen LogP contribution >= 0.6 is 11.3 Å². The SMILES string of the molecule is COc1ccccc1C(=O)N1C(C(=O)NCCCc2nc(C)cs2)CC2CCCCC21. The van der Waals surface area contributed by atoms with Gasteiger partial charge in [-0.05, 0) is 50.7 Å². The number of hydrogen-bond donors (Lipinski definition) is 1. The van der Waals surface area contributed by atoms with Crippen LogP contribution in [0.25, 0.3) is 0 Å². The van der Waals surface area contributed by atoms with E-state index in [4.69, 9.17) is 4.74 Å². The number of thiazole rings is 1. The van der Waals surface area contributed by atoms with Crippen LogP contribution in [0, 0.1) is 12.8 Å². The Kier molecular flexibility index (Phi) is 6.90. The van der Waals surface area contributed by atoms with Crippen LogP contribution in [0.1, 0.15) is 59.6 Å². The fraction of sp³-hybridized carbons (Fsp3) is 0.542. The van der Waals surface area contributed by atoms with E-state index in [1.807, 2.05) is 24.0 Å². The molecule has 1 aliphatic carbocycles. The van der Waals surface area contributed by atoms with Gasteiger partial charge in [-0.1, -0.05) is 25.0 Å². The van der Waals surface area contributed by atoms with Crippen molar-refractivity contribution in [1.29, 1.82) is 0 Å². The van der Waals surface area contributed by atoms with Gasteiger partial charge in [-0.2, -0.15) is 0 Å². The van der Waals surface area contributed by atoms with Crippen molar-refractivity contribution in [2.24, 2.45) is 5.92 Å². The number of ether oxygens (including phenoxy) is 1. The minimum absolute atomic E-state index is 0.0343. The molecule has 31 heavy (non-hydrogen) atoms. The maximum Gasteiger partial charge on any atom is 0.258 e. The molecule has 0 radical (unpaired) electrons. The van der Waals surface area contributed by atoms with E-state index in [1.54, 1.807) is 30.6 Å². The molecule has 1 N–H and O–H groups in total. The van der Waals surface area contributed by atoms with Crippen molar-refractivity contribution in [3.63, 3.8) is 0 Å². The molecule has 166 valence electrons. The molecule has 0 bridgehead atoms. The second-order valence-electron chi connectivity index (χ2n) is 8.55. The molecule has 1 saturated heterocycles. The third kappa shape index (κ3) is 4.76. The predicted octanol–water partition coefficient (Wildman–Crippen LogP) is 3.98. The second kappa shape index (κ2) is 9.81. The summed E-state index contributed by atoms with van der Waals surface area (Å²) in [6.07, 6.45) is 6.81. The molecule has 2 amide bonds. The van der Waals surface area contributed by atoms with Crippen LogP contribution in [-0.2, 0) is 11.2 Å². The molecule has 6 nitrogen and oxygen atoms in total. The zero-order chi connectivity index (χ0) is 21.8. The van der Waals surface area contributed by atoms with Gasteiger partial charge < -0.3 is 15.0 Å². The Morgan fingerprint density at radius 1 is 1.26 bits per heavy atom. The Labute approximate surface area is 188 Å². The maximum atomic E-state index is 13.6. The number of likely N-dealkylation sites (tertiary alicyclic amines) is 1. The van der Waals surface area contributed by atoms with Crippen LogP contribution in [0.3, 0.4) is 0 Å². The minimum Gasteiger partial charge on any atom is -0.496 e. The van der Waals surface area contributed by atoms with Crippen molar-refractivity contribution >= 4 is 23.2 Å². The van der Waals surface area contributed by atoms with Crippen LogP contribution in [0.2, 0.25) is 0 Å². The minimum atomic E-state index is -0.410. The quantitative estimate of drug-likeness (QED) is 0.660. The lowest BCUT2D eigenvalue weighted by Crippen LogP contribution is -2.49. The van der Waals surface area contributed by atoms with Gasteiger partial charge in [-0.15, -0.1) is 11.3 Å². The van der Waals surface area contributed by atoms with Gasteiger partial charge >= 0.3 is 0 Å². The number of fused-ring (bicyclic) bond motifs is 1. The van der Waals surface area contributed by atoms with Crippen LogP contribution in [0.5, 0.6) is 5.75 Å². The van der Waals surface area contributed by atoms with E-state index in [2.05, 4.69) is 15.7 Å². The Hall–Kier alpha value is -2.41. The molecular formula is C24H31N3O3S. The van der Waals surface area contributed by atoms with Crippen LogP contribution in [0.15, 0.2) is 29.6 Å². The fourth-order valence-electron chi connectivity index (χ4n) is 5.03. The highest BCUT2D eigenvalue weighted by Gasteiger charge is 2.47. The standard InChI is InChI=1S/C24H31N3O3S/c1-16-15-31-22(26-16)12-7-13-25-23(28)20-14-17-8-3-5-10-19(17)27(20)24(29)18-9-4-6-11-21(18)30-2/h4,6,9,11,15,17,19-20H,3,5,7-8,10,12-14H2,1-2H3,(H,25,28). The number of benzene rings is 1. The Morgan fingerprint density at radius 2 is 2.06 bits per heavy atom. The third-order valence-electron chi connectivity index (χ3n) is 6.50. The summed E-state index contributed by atoms with van der Waals surface area (Å²) < 4.78 is 5.43. The molecule has 3 unspecified atom stereocenters. The summed E-state index contributed by atoms with van der Waals surface area (Å²) >= 11 is 1.66. The molecule has 0 spiro atoms.